The molecule has 1 atom stereocenters. The van der Waals surface area contributed by atoms with Crippen molar-refractivity contribution in [3.05, 3.63) is 180 Å². The van der Waals surface area contributed by atoms with Gasteiger partial charge in [-0.1, -0.05) is 133 Å². The first-order valence-corrected chi connectivity index (χ1v) is 16.8. The molecule has 1 heteroatoms. The minimum Gasteiger partial charge on any atom is -0.135 e. The Morgan fingerprint density at radius 1 is 0.348 bits per heavy atom. The second-order valence-corrected chi connectivity index (χ2v) is 13.9. The Hall–Kier alpha value is -5.50. The van der Waals surface area contributed by atoms with Crippen molar-refractivity contribution < 1.29 is 0 Å². The molecule has 1 spiro atoms. The van der Waals surface area contributed by atoms with Crippen LogP contribution >= 0.6 is 11.3 Å². The van der Waals surface area contributed by atoms with Gasteiger partial charge in [-0.3, -0.25) is 0 Å². The molecule has 0 amide bonds. The monoisotopic (exact) mass is 598 g/mol. The molecule has 46 heavy (non-hydrogen) atoms. The van der Waals surface area contributed by atoms with Crippen molar-refractivity contribution in [2.75, 3.05) is 0 Å². The summed E-state index contributed by atoms with van der Waals surface area (Å²) < 4.78 is 2.70. The van der Waals surface area contributed by atoms with Crippen LogP contribution in [-0.2, 0) is 5.41 Å². The van der Waals surface area contributed by atoms with Crippen molar-refractivity contribution >= 4 is 53.1 Å². The van der Waals surface area contributed by atoms with E-state index in [2.05, 4.69) is 158 Å². The molecule has 1 heterocycles. The van der Waals surface area contributed by atoms with Gasteiger partial charge in [0.2, 0.25) is 0 Å². The summed E-state index contributed by atoms with van der Waals surface area (Å²) in [7, 11) is 0. The lowest BCUT2D eigenvalue weighted by Gasteiger charge is -2.40. The van der Waals surface area contributed by atoms with Gasteiger partial charge in [0.15, 0.2) is 0 Å². The predicted molar refractivity (Wildman–Crippen MR) is 196 cm³/mol. The molecule has 1 unspecified atom stereocenters. The van der Waals surface area contributed by atoms with E-state index in [4.69, 9.17) is 0 Å². The lowest BCUT2D eigenvalue weighted by Crippen LogP contribution is -2.31. The third-order valence-corrected chi connectivity index (χ3v) is 11.8. The first-order valence-electron chi connectivity index (χ1n) is 16.0. The predicted octanol–water partition coefficient (Wildman–Crippen LogP) is 12.4. The summed E-state index contributed by atoms with van der Waals surface area (Å²) in [6.07, 6.45) is 0. The largest absolute Gasteiger partial charge is 0.135 e. The maximum Gasteiger partial charge on any atom is 0.0725 e. The zero-order valence-electron chi connectivity index (χ0n) is 24.9. The van der Waals surface area contributed by atoms with Crippen LogP contribution in [0.5, 0.6) is 0 Å². The molecule has 0 saturated carbocycles. The van der Waals surface area contributed by atoms with E-state index < -0.39 is 5.41 Å². The summed E-state index contributed by atoms with van der Waals surface area (Å²) in [5.41, 5.74) is 12.9. The van der Waals surface area contributed by atoms with Crippen molar-refractivity contribution in [2.45, 2.75) is 5.41 Å². The summed E-state index contributed by atoms with van der Waals surface area (Å²) in [5, 5.41) is 8.01. The maximum absolute atomic E-state index is 2.50. The Balaban J connectivity index is 1.21. The van der Waals surface area contributed by atoms with Crippen molar-refractivity contribution in [1.82, 2.24) is 0 Å². The molecular formula is C45H26S. The van der Waals surface area contributed by atoms with Gasteiger partial charge < -0.3 is 0 Å². The molecule has 0 N–H and O–H groups in total. The Bertz CT molecular complexity index is 2760. The summed E-state index contributed by atoms with van der Waals surface area (Å²) in [6.45, 7) is 0. The fraction of sp³-hybridized carbons (Fsp3) is 0.0222. The summed E-state index contributed by atoms with van der Waals surface area (Å²) >= 11 is 1.88. The molecule has 0 bridgehead atoms. The van der Waals surface area contributed by atoms with Crippen LogP contribution in [0.15, 0.2) is 158 Å². The van der Waals surface area contributed by atoms with Gasteiger partial charge in [0.05, 0.1) is 5.41 Å². The van der Waals surface area contributed by atoms with Gasteiger partial charge in [-0.15, -0.1) is 11.3 Å². The van der Waals surface area contributed by atoms with E-state index >= 15 is 0 Å². The Labute approximate surface area is 270 Å². The highest BCUT2D eigenvalue weighted by Crippen LogP contribution is 2.62. The molecule has 9 aromatic rings. The fourth-order valence-corrected chi connectivity index (χ4v) is 9.96. The zero-order valence-corrected chi connectivity index (χ0v) is 25.7. The van der Waals surface area contributed by atoms with E-state index in [-0.39, 0.29) is 0 Å². The minimum atomic E-state index is -0.398. The lowest BCUT2D eigenvalue weighted by molar-refractivity contribution is 0.774. The number of benzene rings is 8. The van der Waals surface area contributed by atoms with Gasteiger partial charge in [0.25, 0.3) is 0 Å². The van der Waals surface area contributed by atoms with Gasteiger partial charge in [-0.2, -0.15) is 0 Å². The average molecular weight is 599 g/mol. The van der Waals surface area contributed by atoms with Crippen molar-refractivity contribution in [3.63, 3.8) is 0 Å². The van der Waals surface area contributed by atoms with Crippen molar-refractivity contribution in [1.29, 1.82) is 0 Å². The molecule has 0 aliphatic heterocycles. The van der Waals surface area contributed by atoms with Crippen LogP contribution < -0.4 is 0 Å². The molecule has 212 valence electrons. The maximum atomic E-state index is 2.50. The third kappa shape index (κ3) is 2.99. The molecule has 11 rings (SSSR count). The average Bonchev–Trinajstić information content (AvgIpc) is 3.64. The minimum absolute atomic E-state index is 0.398. The number of fused-ring (bicyclic) bond motifs is 14. The molecule has 8 aromatic carbocycles. The first kappa shape index (κ1) is 24.8. The van der Waals surface area contributed by atoms with Gasteiger partial charge in [0.1, 0.15) is 0 Å². The van der Waals surface area contributed by atoms with Crippen molar-refractivity contribution in [2.24, 2.45) is 0 Å². The Morgan fingerprint density at radius 2 is 1.00 bits per heavy atom. The lowest BCUT2D eigenvalue weighted by atomic mass is 9.61. The number of thiophene rings is 1. The van der Waals surface area contributed by atoms with Crippen LogP contribution in [-0.4, -0.2) is 0 Å². The highest BCUT2D eigenvalue weighted by atomic mass is 32.1. The molecule has 0 nitrogen and oxygen atoms in total. The van der Waals surface area contributed by atoms with E-state index in [0.29, 0.717) is 0 Å². The topological polar surface area (TPSA) is 0 Å². The number of hydrogen-bond donors (Lipinski definition) is 0. The van der Waals surface area contributed by atoms with E-state index in [0.717, 1.165) is 0 Å². The van der Waals surface area contributed by atoms with Crippen LogP contribution in [0.1, 0.15) is 22.3 Å². The van der Waals surface area contributed by atoms with Gasteiger partial charge in [-0.05, 0) is 101 Å². The standard InChI is InChI=1S/C45H26S/c1-4-15-37-32(11-1)34-23-20-29(28-19-22-31-30(25-28)21-24-42-44(31)36-13-3-6-18-41(36)46-42)26-40(34)45(37)38-16-5-2-12-33(38)35-14-7-9-27-10-8-17-39(45)43(27)35/h1-26H. The molecule has 2 aliphatic carbocycles. The normalized spacial score (nSPS) is 15.9. The van der Waals surface area contributed by atoms with Gasteiger partial charge >= 0.3 is 0 Å². The van der Waals surface area contributed by atoms with E-state index in [1.165, 1.54) is 97.4 Å². The molecule has 1 aromatic heterocycles. The smallest absolute Gasteiger partial charge is 0.0725 e. The molecule has 0 fully saturated rings. The second kappa shape index (κ2) is 8.81. The molecule has 0 saturated heterocycles. The van der Waals surface area contributed by atoms with Crippen LogP contribution in [0.25, 0.3) is 75.1 Å². The zero-order chi connectivity index (χ0) is 30.0. The van der Waals surface area contributed by atoms with Crippen LogP contribution in [0.4, 0.5) is 0 Å². The SMILES string of the molecule is c1ccc2c(c1)-c1ccc(-c3ccc4c(ccc5sc6ccccc6c54)c3)cc1C21c2ccccc2-c2cccc3cccc1c23. The molecule has 0 radical (unpaired) electrons. The Kier molecular flexibility index (Phi) is 4.75. The second-order valence-electron chi connectivity index (χ2n) is 12.8. The number of rotatable bonds is 1. The number of hydrogen-bond acceptors (Lipinski definition) is 1. The summed E-state index contributed by atoms with van der Waals surface area (Å²) in [4.78, 5) is 0. The third-order valence-electron chi connectivity index (χ3n) is 10.7. The van der Waals surface area contributed by atoms with E-state index in [1.54, 1.807) is 0 Å². The Morgan fingerprint density at radius 3 is 1.87 bits per heavy atom. The quantitative estimate of drug-likeness (QED) is 0.176. The first-order chi connectivity index (χ1) is 22.8. The van der Waals surface area contributed by atoms with Gasteiger partial charge in [-0.25, -0.2) is 0 Å². The van der Waals surface area contributed by atoms with Crippen molar-refractivity contribution in [3.8, 4) is 33.4 Å². The summed E-state index contributed by atoms with van der Waals surface area (Å²) in [6, 6.07) is 59.5. The fourth-order valence-electron chi connectivity index (χ4n) is 8.84. The van der Waals surface area contributed by atoms with E-state index in [1.807, 2.05) is 11.3 Å². The highest BCUT2D eigenvalue weighted by molar-refractivity contribution is 7.26. The summed E-state index contributed by atoms with van der Waals surface area (Å²) in [5.74, 6) is 0. The van der Waals surface area contributed by atoms with Gasteiger partial charge in [0, 0.05) is 20.2 Å². The highest BCUT2D eigenvalue weighted by Gasteiger charge is 2.50. The van der Waals surface area contributed by atoms with E-state index in [9.17, 15) is 0 Å². The van der Waals surface area contributed by atoms with Crippen LogP contribution in [0, 0.1) is 0 Å². The van der Waals surface area contributed by atoms with Crippen LogP contribution in [0.2, 0.25) is 0 Å². The van der Waals surface area contributed by atoms with Crippen LogP contribution in [0.3, 0.4) is 0 Å². The molecule has 2 aliphatic rings. The molecular weight excluding hydrogens is 573 g/mol.